The number of aromatic nitrogens is 3. The summed E-state index contributed by atoms with van der Waals surface area (Å²) >= 11 is 0. The highest BCUT2D eigenvalue weighted by molar-refractivity contribution is 5.94. The van der Waals surface area contributed by atoms with Gasteiger partial charge in [0.2, 0.25) is 0 Å². The second-order valence-corrected chi connectivity index (χ2v) is 7.58. The third-order valence-electron chi connectivity index (χ3n) is 5.33. The quantitative estimate of drug-likeness (QED) is 0.651. The van der Waals surface area contributed by atoms with Crippen LogP contribution in [0.4, 0.5) is 5.82 Å². The molecular weight excluding hydrogens is 382 g/mol. The highest BCUT2D eigenvalue weighted by Gasteiger charge is 2.18. The Hall–Kier alpha value is -3.42. The van der Waals surface area contributed by atoms with Gasteiger partial charge >= 0.3 is 0 Å². The van der Waals surface area contributed by atoms with Crippen molar-refractivity contribution in [2.75, 3.05) is 5.73 Å². The maximum absolute atomic E-state index is 12.5. The maximum Gasteiger partial charge on any atom is 0.263 e. The number of nitrogens with one attached hydrogen (secondary N) is 1. The summed E-state index contributed by atoms with van der Waals surface area (Å²) in [6, 6.07) is 7.17. The van der Waals surface area contributed by atoms with Crippen molar-refractivity contribution in [3.8, 4) is 22.9 Å². The predicted octanol–water partition coefficient (Wildman–Crippen LogP) is 4.19. The molecule has 8 nitrogen and oxygen atoms in total. The first-order valence-electron chi connectivity index (χ1n) is 10.2. The molecule has 0 atom stereocenters. The smallest absolute Gasteiger partial charge is 0.263 e. The number of carbonyl (C=O) groups excluding carboxylic acids is 1. The molecule has 1 fully saturated rings. The van der Waals surface area contributed by atoms with Crippen molar-refractivity contribution in [2.45, 2.75) is 52.0 Å². The van der Waals surface area contributed by atoms with Crippen molar-refractivity contribution >= 4 is 11.7 Å². The van der Waals surface area contributed by atoms with E-state index in [1.54, 1.807) is 30.5 Å². The first-order chi connectivity index (χ1) is 14.5. The molecule has 1 saturated carbocycles. The Morgan fingerprint density at radius 1 is 1.17 bits per heavy atom. The highest BCUT2D eigenvalue weighted by Crippen LogP contribution is 2.30. The van der Waals surface area contributed by atoms with E-state index in [2.05, 4.69) is 20.4 Å². The summed E-state index contributed by atoms with van der Waals surface area (Å²) in [6.07, 6.45) is 7.26. The third-order valence-corrected chi connectivity index (χ3v) is 5.33. The Labute approximate surface area is 174 Å². The molecule has 0 radical (unpaired) electrons. The summed E-state index contributed by atoms with van der Waals surface area (Å²) in [5.74, 6) is 1.46. The van der Waals surface area contributed by atoms with Crippen molar-refractivity contribution in [3.63, 3.8) is 0 Å². The van der Waals surface area contributed by atoms with Gasteiger partial charge in [-0.15, -0.1) is 0 Å². The molecule has 2 heterocycles. The lowest BCUT2D eigenvalue weighted by molar-refractivity contribution is 0.0927. The lowest BCUT2D eigenvalue weighted by Gasteiger charge is -2.22. The highest BCUT2D eigenvalue weighted by atomic mass is 16.5. The third kappa shape index (κ3) is 4.27. The second-order valence-electron chi connectivity index (χ2n) is 7.58. The van der Waals surface area contributed by atoms with Gasteiger partial charge in [0, 0.05) is 11.6 Å². The molecule has 3 aromatic rings. The largest absolute Gasteiger partial charge is 0.436 e. The van der Waals surface area contributed by atoms with Gasteiger partial charge in [0.1, 0.15) is 11.5 Å². The SMILES string of the molecule is Cc1noc(C)c1-c1cnc(N)c(Oc2ccc(C(=O)NC3CCCCC3)cc2)n1. The van der Waals surface area contributed by atoms with Crippen LogP contribution >= 0.6 is 0 Å². The Kier molecular flexibility index (Phi) is 5.65. The van der Waals surface area contributed by atoms with E-state index in [1.165, 1.54) is 19.3 Å². The van der Waals surface area contributed by atoms with Gasteiger partial charge in [0.25, 0.3) is 11.8 Å². The standard InChI is InChI=1S/C22H25N5O3/c1-13-19(14(2)30-27-13)18-12-24-20(23)22(26-18)29-17-10-8-15(9-11-17)21(28)25-16-6-4-3-5-7-16/h8-12,16H,3-7H2,1-2H3,(H2,23,24)(H,25,28). The van der Waals surface area contributed by atoms with E-state index < -0.39 is 0 Å². The van der Waals surface area contributed by atoms with Gasteiger partial charge in [-0.2, -0.15) is 0 Å². The fraction of sp³-hybridized carbons (Fsp3) is 0.364. The Morgan fingerprint density at radius 3 is 2.57 bits per heavy atom. The van der Waals surface area contributed by atoms with Gasteiger partial charge in [0.15, 0.2) is 5.82 Å². The number of hydrogen-bond donors (Lipinski definition) is 2. The number of rotatable bonds is 5. The molecule has 1 amide bonds. The molecule has 1 aromatic carbocycles. The van der Waals surface area contributed by atoms with E-state index in [-0.39, 0.29) is 23.6 Å². The van der Waals surface area contributed by atoms with Crippen molar-refractivity contribution in [1.82, 2.24) is 20.4 Å². The van der Waals surface area contributed by atoms with Crippen LogP contribution in [-0.2, 0) is 0 Å². The van der Waals surface area contributed by atoms with E-state index in [4.69, 9.17) is 15.0 Å². The molecule has 0 bridgehead atoms. The average molecular weight is 407 g/mol. The summed E-state index contributed by atoms with van der Waals surface area (Å²) in [5, 5.41) is 7.05. The fourth-order valence-corrected chi connectivity index (χ4v) is 3.73. The van der Waals surface area contributed by atoms with E-state index in [1.807, 2.05) is 13.8 Å². The molecular formula is C22H25N5O3. The lowest BCUT2D eigenvalue weighted by atomic mass is 9.95. The molecule has 2 aromatic heterocycles. The predicted molar refractivity (Wildman–Crippen MR) is 112 cm³/mol. The van der Waals surface area contributed by atoms with Crippen LogP contribution in [0.5, 0.6) is 11.6 Å². The van der Waals surface area contributed by atoms with Crippen LogP contribution in [0.25, 0.3) is 11.3 Å². The average Bonchev–Trinajstić information content (AvgIpc) is 3.09. The van der Waals surface area contributed by atoms with E-state index in [0.717, 1.165) is 18.4 Å². The van der Waals surface area contributed by atoms with Crippen LogP contribution in [0, 0.1) is 13.8 Å². The number of carbonyl (C=O) groups is 1. The van der Waals surface area contributed by atoms with Crippen molar-refractivity contribution in [3.05, 3.63) is 47.5 Å². The van der Waals surface area contributed by atoms with Crippen LogP contribution in [0.15, 0.2) is 35.0 Å². The molecule has 4 rings (SSSR count). The number of anilines is 1. The van der Waals surface area contributed by atoms with Crippen LogP contribution in [0.3, 0.4) is 0 Å². The Balaban J connectivity index is 1.48. The molecule has 3 N–H and O–H groups in total. The molecule has 0 saturated heterocycles. The molecule has 0 unspecified atom stereocenters. The fourth-order valence-electron chi connectivity index (χ4n) is 3.73. The van der Waals surface area contributed by atoms with Gasteiger partial charge in [-0.1, -0.05) is 24.4 Å². The first-order valence-corrected chi connectivity index (χ1v) is 10.2. The molecule has 1 aliphatic rings. The summed E-state index contributed by atoms with van der Waals surface area (Å²) in [4.78, 5) is 21.1. The number of amides is 1. The van der Waals surface area contributed by atoms with Crippen LogP contribution in [-0.4, -0.2) is 27.1 Å². The zero-order valence-corrected chi connectivity index (χ0v) is 17.1. The molecule has 0 spiro atoms. The molecule has 156 valence electrons. The zero-order valence-electron chi connectivity index (χ0n) is 17.1. The zero-order chi connectivity index (χ0) is 21.1. The lowest BCUT2D eigenvalue weighted by Crippen LogP contribution is -2.36. The summed E-state index contributed by atoms with van der Waals surface area (Å²) < 4.78 is 11.0. The summed E-state index contributed by atoms with van der Waals surface area (Å²) in [5.41, 5.74) is 8.59. The number of ether oxygens (including phenoxy) is 1. The summed E-state index contributed by atoms with van der Waals surface area (Å²) in [6.45, 7) is 3.65. The van der Waals surface area contributed by atoms with E-state index in [9.17, 15) is 4.79 Å². The monoisotopic (exact) mass is 407 g/mol. The minimum atomic E-state index is -0.0619. The van der Waals surface area contributed by atoms with Crippen molar-refractivity contribution < 1.29 is 14.1 Å². The Morgan fingerprint density at radius 2 is 1.90 bits per heavy atom. The number of hydrogen-bond acceptors (Lipinski definition) is 7. The minimum absolute atomic E-state index is 0.0619. The molecule has 1 aliphatic carbocycles. The minimum Gasteiger partial charge on any atom is -0.436 e. The second kappa shape index (κ2) is 8.52. The number of aryl methyl sites for hydroxylation is 2. The topological polar surface area (TPSA) is 116 Å². The Bertz CT molecular complexity index is 1020. The van der Waals surface area contributed by atoms with E-state index in [0.29, 0.717) is 28.5 Å². The van der Waals surface area contributed by atoms with Crippen LogP contribution in [0.2, 0.25) is 0 Å². The van der Waals surface area contributed by atoms with Gasteiger partial charge in [-0.3, -0.25) is 4.79 Å². The number of nitrogen functional groups attached to an aromatic ring is 1. The molecule has 0 aliphatic heterocycles. The van der Waals surface area contributed by atoms with Gasteiger partial charge in [-0.25, -0.2) is 9.97 Å². The number of benzene rings is 1. The number of nitrogens with zero attached hydrogens (tertiary/aromatic N) is 3. The number of nitrogens with two attached hydrogens (primary N) is 1. The first kappa shape index (κ1) is 19.9. The van der Waals surface area contributed by atoms with Crippen molar-refractivity contribution in [2.24, 2.45) is 0 Å². The molecule has 8 heteroatoms. The van der Waals surface area contributed by atoms with Gasteiger partial charge in [0.05, 0.1) is 23.1 Å². The van der Waals surface area contributed by atoms with Crippen LogP contribution < -0.4 is 15.8 Å². The maximum atomic E-state index is 12.5. The van der Waals surface area contributed by atoms with Gasteiger partial charge in [-0.05, 0) is 51.0 Å². The summed E-state index contributed by atoms with van der Waals surface area (Å²) in [7, 11) is 0. The van der Waals surface area contributed by atoms with Crippen LogP contribution in [0.1, 0.15) is 53.9 Å². The normalized spacial score (nSPS) is 14.5. The van der Waals surface area contributed by atoms with E-state index >= 15 is 0 Å². The van der Waals surface area contributed by atoms with Crippen molar-refractivity contribution in [1.29, 1.82) is 0 Å². The van der Waals surface area contributed by atoms with Gasteiger partial charge < -0.3 is 20.3 Å². The molecule has 30 heavy (non-hydrogen) atoms.